The van der Waals surface area contributed by atoms with Crippen LogP contribution in [0.5, 0.6) is 0 Å². The third-order valence-corrected chi connectivity index (χ3v) is 3.78. The molecule has 0 aliphatic rings. The number of nitro groups is 1. The first-order valence-corrected chi connectivity index (χ1v) is 7.57. The summed E-state index contributed by atoms with van der Waals surface area (Å²) in [6.07, 6.45) is 0.883. The van der Waals surface area contributed by atoms with Crippen LogP contribution in [0.25, 0.3) is 5.65 Å². The Morgan fingerprint density at radius 2 is 2.11 bits per heavy atom. The topological polar surface area (TPSA) is 140 Å². The van der Waals surface area contributed by atoms with Gasteiger partial charge in [0.2, 0.25) is 5.65 Å². The van der Waals surface area contributed by atoms with Gasteiger partial charge in [-0.15, -0.1) is 0 Å². The van der Waals surface area contributed by atoms with E-state index in [2.05, 4.69) is 15.4 Å². The first-order valence-electron chi connectivity index (χ1n) is 7.57. The van der Waals surface area contributed by atoms with Crippen LogP contribution in [0.4, 0.5) is 10.1 Å². The zero-order valence-corrected chi connectivity index (χ0v) is 13.8. The van der Waals surface area contributed by atoms with E-state index in [4.69, 9.17) is 5.11 Å². The number of carboxylic acids is 1. The van der Waals surface area contributed by atoms with Crippen molar-refractivity contribution in [3.8, 4) is 0 Å². The predicted molar refractivity (Wildman–Crippen MR) is 88.9 cm³/mol. The summed E-state index contributed by atoms with van der Waals surface area (Å²) in [5.41, 5.74) is -0.622. The predicted octanol–water partition coefficient (Wildman–Crippen LogP) is 1.71. The van der Waals surface area contributed by atoms with Crippen LogP contribution in [-0.4, -0.2) is 36.5 Å². The summed E-state index contributed by atoms with van der Waals surface area (Å²) in [4.78, 5) is 37.7. The zero-order valence-electron chi connectivity index (χ0n) is 13.8. The first-order chi connectivity index (χ1) is 12.8. The number of nitrogens with one attached hydrogen (secondary N) is 1. The third-order valence-electron chi connectivity index (χ3n) is 3.78. The standard InChI is InChI=1S/C16H12FN5O5/c1-8-4-9(2-3-10(8)17)6-18-15(23)12-5-11(16(24)25)20-14-13(22(26)27)7-19-21(12)14/h2-5,7H,6H2,1H3,(H,18,23)(H,24,25). The molecule has 2 N–H and O–H groups in total. The lowest BCUT2D eigenvalue weighted by molar-refractivity contribution is -0.383. The highest BCUT2D eigenvalue weighted by Gasteiger charge is 2.24. The molecular weight excluding hydrogens is 361 g/mol. The van der Waals surface area contributed by atoms with Gasteiger partial charge in [0.25, 0.3) is 5.91 Å². The van der Waals surface area contributed by atoms with Crippen molar-refractivity contribution >= 4 is 23.2 Å². The zero-order chi connectivity index (χ0) is 19.7. The lowest BCUT2D eigenvalue weighted by Crippen LogP contribution is -2.26. The average molecular weight is 373 g/mol. The van der Waals surface area contributed by atoms with Gasteiger partial charge in [0.1, 0.15) is 17.7 Å². The fraction of sp³-hybridized carbons (Fsp3) is 0.125. The van der Waals surface area contributed by atoms with Crippen LogP contribution in [0.15, 0.2) is 30.5 Å². The molecule has 0 aliphatic carbocycles. The number of carbonyl (C=O) groups excluding carboxylic acids is 1. The fourth-order valence-electron chi connectivity index (χ4n) is 2.44. The minimum Gasteiger partial charge on any atom is -0.477 e. The van der Waals surface area contributed by atoms with Crippen molar-refractivity contribution in [3.05, 3.63) is 68.9 Å². The second kappa shape index (κ2) is 6.78. The molecule has 2 aromatic heterocycles. The molecule has 0 bridgehead atoms. The van der Waals surface area contributed by atoms with Crippen molar-refractivity contribution in [3.63, 3.8) is 0 Å². The summed E-state index contributed by atoms with van der Waals surface area (Å²) in [6.45, 7) is 1.62. The van der Waals surface area contributed by atoms with E-state index in [9.17, 15) is 24.1 Å². The highest BCUT2D eigenvalue weighted by Crippen LogP contribution is 2.19. The number of hydrogen-bond donors (Lipinski definition) is 2. The van der Waals surface area contributed by atoms with Crippen molar-refractivity contribution < 1.29 is 24.0 Å². The van der Waals surface area contributed by atoms with Crippen LogP contribution in [0.2, 0.25) is 0 Å². The number of hydrogen-bond acceptors (Lipinski definition) is 6. The number of aromatic carboxylic acids is 1. The maximum Gasteiger partial charge on any atom is 0.354 e. The number of benzene rings is 1. The number of aryl methyl sites for hydroxylation is 1. The van der Waals surface area contributed by atoms with Crippen molar-refractivity contribution in [1.29, 1.82) is 0 Å². The molecule has 0 radical (unpaired) electrons. The first kappa shape index (κ1) is 17.9. The van der Waals surface area contributed by atoms with Crippen LogP contribution in [-0.2, 0) is 6.54 Å². The number of amides is 1. The Morgan fingerprint density at radius 3 is 2.74 bits per heavy atom. The van der Waals surface area contributed by atoms with E-state index >= 15 is 0 Å². The summed E-state index contributed by atoms with van der Waals surface area (Å²) < 4.78 is 14.2. The molecule has 0 saturated carbocycles. The Bertz CT molecular complexity index is 1090. The molecule has 0 spiro atoms. The Labute approximate surface area is 150 Å². The summed E-state index contributed by atoms with van der Waals surface area (Å²) in [7, 11) is 0. The van der Waals surface area contributed by atoms with Crippen LogP contribution < -0.4 is 5.32 Å². The van der Waals surface area contributed by atoms with Crippen molar-refractivity contribution in [2.45, 2.75) is 13.5 Å². The number of fused-ring (bicyclic) bond motifs is 1. The second-order valence-corrected chi connectivity index (χ2v) is 5.62. The van der Waals surface area contributed by atoms with E-state index in [0.29, 0.717) is 11.1 Å². The summed E-state index contributed by atoms with van der Waals surface area (Å²) in [5, 5.41) is 26.5. The van der Waals surface area contributed by atoms with Crippen LogP contribution in [0, 0.1) is 22.9 Å². The van der Waals surface area contributed by atoms with E-state index in [1.54, 1.807) is 13.0 Å². The monoisotopic (exact) mass is 373 g/mol. The molecule has 0 fully saturated rings. The highest BCUT2D eigenvalue weighted by molar-refractivity contribution is 5.96. The van der Waals surface area contributed by atoms with Gasteiger partial charge in [-0.3, -0.25) is 14.9 Å². The van der Waals surface area contributed by atoms with Gasteiger partial charge in [0.05, 0.1) is 4.92 Å². The van der Waals surface area contributed by atoms with Crippen molar-refractivity contribution in [2.75, 3.05) is 0 Å². The van der Waals surface area contributed by atoms with E-state index in [1.165, 1.54) is 12.1 Å². The Kier molecular flexibility index (Phi) is 4.50. The molecule has 0 saturated heterocycles. The molecule has 0 unspecified atom stereocenters. The van der Waals surface area contributed by atoms with E-state index in [-0.39, 0.29) is 23.7 Å². The van der Waals surface area contributed by atoms with Gasteiger partial charge in [-0.1, -0.05) is 12.1 Å². The number of halogens is 1. The van der Waals surface area contributed by atoms with Crippen molar-refractivity contribution in [1.82, 2.24) is 19.9 Å². The van der Waals surface area contributed by atoms with Gasteiger partial charge in [0.15, 0.2) is 5.69 Å². The van der Waals surface area contributed by atoms with E-state index in [0.717, 1.165) is 16.8 Å². The molecule has 27 heavy (non-hydrogen) atoms. The molecule has 0 atom stereocenters. The lowest BCUT2D eigenvalue weighted by atomic mass is 10.1. The molecule has 11 heteroatoms. The molecular formula is C16H12FN5O5. The fourth-order valence-corrected chi connectivity index (χ4v) is 2.44. The Hall–Kier alpha value is -3.89. The largest absolute Gasteiger partial charge is 0.477 e. The quantitative estimate of drug-likeness (QED) is 0.512. The molecule has 2 heterocycles. The number of rotatable bonds is 5. The van der Waals surface area contributed by atoms with E-state index in [1.807, 2.05) is 0 Å². The normalized spacial score (nSPS) is 10.7. The maximum absolute atomic E-state index is 13.3. The van der Waals surface area contributed by atoms with Gasteiger partial charge in [-0.25, -0.2) is 18.7 Å². The van der Waals surface area contributed by atoms with Gasteiger partial charge < -0.3 is 10.4 Å². The van der Waals surface area contributed by atoms with Gasteiger partial charge in [-0.2, -0.15) is 5.10 Å². The molecule has 3 aromatic rings. The molecule has 10 nitrogen and oxygen atoms in total. The average Bonchev–Trinajstić information content (AvgIpc) is 3.05. The summed E-state index contributed by atoms with van der Waals surface area (Å²) in [5.74, 6) is -2.54. The van der Waals surface area contributed by atoms with Gasteiger partial charge in [-0.05, 0) is 24.1 Å². The Morgan fingerprint density at radius 1 is 1.37 bits per heavy atom. The third kappa shape index (κ3) is 3.42. The van der Waals surface area contributed by atoms with Gasteiger partial charge in [0, 0.05) is 12.6 Å². The number of nitrogens with zero attached hydrogens (tertiary/aromatic N) is 4. The lowest BCUT2D eigenvalue weighted by Gasteiger charge is -2.08. The summed E-state index contributed by atoms with van der Waals surface area (Å²) in [6, 6.07) is 5.28. The van der Waals surface area contributed by atoms with Gasteiger partial charge >= 0.3 is 11.7 Å². The SMILES string of the molecule is Cc1cc(CNC(=O)c2cc(C(=O)O)nc3c([N+](=O)[O-])cnn23)ccc1F. The second-order valence-electron chi connectivity index (χ2n) is 5.62. The maximum atomic E-state index is 13.3. The highest BCUT2D eigenvalue weighted by atomic mass is 19.1. The molecule has 138 valence electrons. The summed E-state index contributed by atoms with van der Waals surface area (Å²) >= 11 is 0. The van der Waals surface area contributed by atoms with E-state index < -0.39 is 28.2 Å². The van der Waals surface area contributed by atoms with Crippen LogP contribution in [0.1, 0.15) is 32.1 Å². The molecule has 1 amide bonds. The minimum absolute atomic E-state index is 0.0372. The van der Waals surface area contributed by atoms with Crippen LogP contribution in [0.3, 0.4) is 0 Å². The molecule has 0 aliphatic heterocycles. The molecule has 3 rings (SSSR count). The number of carbonyl (C=O) groups is 2. The number of aromatic nitrogens is 3. The van der Waals surface area contributed by atoms with Crippen LogP contribution >= 0.6 is 0 Å². The minimum atomic E-state index is -1.45. The smallest absolute Gasteiger partial charge is 0.354 e. The number of carboxylic acid groups (broad SMARTS) is 1. The Balaban J connectivity index is 1.96. The molecule has 1 aromatic carbocycles. The van der Waals surface area contributed by atoms with Crippen molar-refractivity contribution in [2.24, 2.45) is 0 Å².